The quantitative estimate of drug-likeness (QED) is 0.827. The molecule has 1 aromatic rings. The summed E-state index contributed by atoms with van der Waals surface area (Å²) in [6, 6.07) is 7.48. The molecule has 0 aliphatic carbocycles. The summed E-state index contributed by atoms with van der Waals surface area (Å²) < 4.78 is 0. The molecule has 0 saturated carbocycles. The summed E-state index contributed by atoms with van der Waals surface area (Å²) in [4.78, 5) is 24.5. The van der Waals surface area contributed by atoms with Gasteiger partial charge in [-0.2, -0.15) is 0 Å². The molecule has 4 nitrogen and oxygen atoms in total. The van der Waals surface area contributed by atoms with E-state index in [-0.39, 0.29) is 24.7 Å². The molecule has 1 N–H and O–H groups in total. The van der Waals surface area contributed by atoms with E-state index in [0.29, 0.717) is 6.54 Å². The minimum absolute atomic E-state index is 0.0367. The van der Waals surface area contributed by atoms with E-state index in [2.05, 4.69) is 6.58 Å². The lowest BCUT2D eigenvalue weighted by Crippen LogP contribution is -2.29. The molecular weight excluding hydrogens is 230 g/mol. The highest BCUT2D eigenvalue weighted by molar-refractivity contribution is 5.96. The Bertz CT molecular complexity index is 496. The molecule has 0 radical (unpaired) electrons. The fourth-order valence-corrected chi connectivity index (χ4v) is 2.35. The number of hydrogen-bond acceptors (Lipinski definition) is 2. The molecule has 1 heterocycles. The van der Waals surface area contributed by atoms with Gasteiger partial charge in [-0.25, -0.2) is 0 Å². The van der Waals surface area contributed by atoms with E-state index in [1.54, 1.807) is 11.0 Å². The molecule has 1 aliphatic rings. The summed E-state index contributed by atoms with van der Waals surface area (Å²) in [5.74, 6) is -0.995. The standard InChI is InChI=1S/C14H15NO3/c1-2-5-13(16)15-9-10(8-14(17)18)11-6-3-4-7-12(11)15/h2-4,6-7,10H,1,5,8-9H2,(H,17,18). The number of carbonyl (C=O) groups excluding carboxylic acids is 1. The third-order valence-corrected chi connectivity index (χ3v) is 3.11. The van der Waals surface area contributed by atoms with Crippen LogP contribution < -0.4 is 4.90 Å². The van der Waals surface area contributed by atoms with Crippen LogP contribution in [0.3, 0.4) is 0 Å². The van der Waals surface area contributed by atoms with Crippen molar-refractivity contribution >= 4 is 17.6 Å². The van der Waals surface area contributed by atoms with Crippen molar-refractivity contribution in [1.29, 1.82) is 0 Å². The summed E-state index contributed by atoms with van der Waals surface area (Å²) in [5.41, 5.74) is 1.77. The molecule has 0 saturated heterocycles. The predicted molar refractivity (Wildman–Crippen MR) is 68.6 cm³/mol. The zero-order chi connectivity index (χ0) is 13.1. The number of carbonyl (C=O) groups is 2. The number of fused-ring (bicyclic) bond motifs is 1. The first-order valence-corrected chi connectivity index (χ1v) is 5.85. The number of amides is 1. The first kappa shape index (κ1) is 12.4. The minimum atomic E-state index is -0.840. The van der Waals surface area contributed by atoms with Crippen molar-refractivity contribution < 1.29 is 14.7 Å². The number of carboxylic acid groups (broad SMARTS) is 1. The summed E-state index contributed by atoms with van der Waals surface area (Å²) in [6.45, 7) is 4.00. The first-order valence-electron chi connectivity index (χ1n) is 5.85. The topological polar surface area (TPSA) is 57.6 Å². The van der Waals surface area contributed by atoms with Crippen molar-refractivity contribution in [1.82, 2.24) is 0 Å². The van der Waals surface area contributed by atoms with Gasteiger partial charge in [0.25, 0.3) is 0 Å². The molecule has 0 aromatic heterocycles. The molecule has 1 unspecified atom stereocenters. The highest BCUT2D eigenvalue weighted by Gasteiger charge is 2.32. The van der Waals surface area contributed by atoms with Gasteiger partial charge in [0, 0.05) is 24.6 Å². The maximum absolute atomic E-state index is 11.9. The van der Waals surface area contributed by atoms with Crippen LogP contribution >= 0.6 is 0 Å². The summed E-state index contributed by atoms with van der Waals surface area (Å²) >= 11 is 0. The molecule has 1 amide bonds. The fourth-order valence-electron chi connectivity index (χ4n) is 2.35. The Balaban J connectivity index is 2.29. The van der Waals surface area contributed by atoms with Gasteiger partial charge >= 0.3 is 5.97 Å². The van der Waals surface area contributed by atoms with Crippen molar-refractivity contribution in [3.63, 3.8) is 0 Å². The Hall–Kier alpha value is -2.10. The largest absolute Gasteiger partial charge is 0.481 e. The molecule has 0 spiro atoms. The second kappa shape index (κ2) is 5.04. The monoisotopic (exact) mass is 245 g/mol. The SMILES string of the molecule is C=CCC(=O)N1CC(CC(=O)O)c2ccccc21. The van der Waals surface area contributed by atoms with Crippen LogP contribution in [0.15, 0.2) is 36.9 Å². The average Bonchev–Trinajstić information content (AvgIpc) is 2.68. The number of para-hydroxylation sites is 1. The number of carboxylic acids is 1. The lowest BCUT2D eigenvalue weighted by atomic mass is 9.98. The van der Waals surface area contributed by atoms with Crippen molar-refractivity contribution in [3.05, 3.63) is 42.5 Å². The van der Waals surface area contributed by atoms with Crippen LogP contribution in [0, 0.1) is 0 Å². The Labute approximate surface area is 106 Å². The van der Waals surface area contributed by atoms with E-state index in [1.165, 1.54) is 0 Å². The van der Waals surface area contributed by atoms with Gasteiger partial charge in [0.05, 0.1) is 6.42 Å². The number of benzene rings is 1. The highest BCUT2D eigenvalue weighted by atomic mass is 16.4. The van der Waals surface area contributed by atoms with Gasteiger partial charge in [0.2, 0.25) is 5.91 Å². The molecule has 0 bridgehead atoms. The van der Waals surface area contributed by atoms with Gasteiger partial charge < -0.3 is 10.0 Å². The Kier molecular flexibility index (Phi) is 3.46. The molecular formula is C14H15NO3. The van der Waals surface area contributed by atoms with Crippen LogP contribution in [0.25, 0.3) is 0 Å². The van der Waals surface area contributed by atoms with E-state index in [9.17, 15) is 9.59 Å². The molecule has 18 heavy (non-hydrogen) atoms. The normalized spacial score (nSPS) is 17.3. The molecule has 1 aromatic carbocycles. The van der Waals surface area contributed by atoms with Crippen LogP contribution in [-0.2, 0) is 9.59 Å². The fraction of sp³-hybridized carbons (Fsp3) is 0.286. The van der Waals surface area contributed by atoms with E-state index in [1.807, 2.05) is 24.3 Å². The molecule has 4 heteroatoms. The van der Waals surface area contributed by atoms with E-state index >= 15 is 0 Å². The Morgan fingerprint density at radius 1 is 1.44 bits per heavy atom. The predicted octanol–water partition coefficient (Wildman–Crippen LogP) is 2.17. The maximum atomic E-state index is 11.9. The number of anilines is 1. The minimum Gasteiger partial charge on any atom is -0.481 e. The highest BCUT2D eigenvalue weighted by Crippen LogP contribution is 2.38. The van der Waals surface area contributed by atoms with Gasteiger partial charge in [-0.05, 0) is 11.6 Å². The van der Waals surface area contributed by atoms with Crippen molar-refractivity contribution in [2.24, 2.45) is 0 Å². The zero-order valence-electron chi connectivity index (χ0n) is 10.0. The van der Waals surface area contributed by atoms with Gasteiger partial charge in [-0.3, -0.25) is 9.59 Å². The number of hydrogen-bond donors (Lipinski definition) is 1. The number of aliphatic carboxylic acids is 1. The lowest BCUT2D eigenvalue weighted by Gasteiger charge is -2.16. The third-order valence-electron chi connectivity index (χ3n) is 3.11. The van der Waals surface area contributed by atoms with Gasteiger partial charge in [0.1, 0.15) is 0 Å². The second-order valence-electron chi connectivity index (χ2n) is 4.35. The Morgan fingerprint density at radius 3 is 2.83 bits per heavy atom. The van der Waals surface area contributed by atoms with Crippen LogP contribution in [0.1, 0.15) is 24.3 Å². The van der Waals surface area contributed by atoms with Crippen LogP contribution in [0.5, 0.6) is 0 Å². The molecule has 0 fully saturated rings. The van der Waals surface area contributed by atoms with Crippen LogP contribution in [-0.4, -0.2) is 23.5 Å². The Morgan fingerprint density at radius 2 is 2.17 bits per heavy atom. The molecule has 2 rings (SSSR count). The van der Waals surface area contributed by atoms with Crippen molar-refractivity contribution in [3.8, 4) is 0 Å². The van der Waals surface area contributed by atoms with E-state index in [4.69, 9.17) is 5.11 Å². The van der Waals surface area contributed by atoms with Crippen LogP contribution in [0.2, 0.25) is 0 Å². The van der Waals surface area contributed by atoms with Crippen LogP contribution in [0.4, 0.5) is 5.69 Å². The number of nitrogens with zero attached hydrogens (tertiary/aromatic N) is 1. The smallest absolute Gasteiger partial charge is 0.304 e. The first-order chi connectivity index (χ1) is 8.63. The van der Waals surface area contributed by atoms with Gasteiger partial charge in [-0.15, -0.1) is 6.58 Å². The van der Waals surface area contributed by atoms with E-state index < -0.39 is 5.97 Å². The third kappa shape index (κ3) is 2.27. The van der Waals surface area contributed by atoms with Gasteiger partial charge in [0.15, 0.2) is 0 Å². The molecule has 1 aliphatic heterocycles. The number of rotatable bonds is 4. The average molecular weight is 245 g/mol. The van der Waals surface area contributed by atoms with Gasteiger partial charge in [-0.1, -0.05) is 24.3 Å². The summed E-state index contributed by atoms with van der Waals surface area (Å²) in [5, 5.41) is 8.91. The maximum Gasteiger partial charge on any atom is 0.304 e. The zero-order valence-corrected chi connectivity index (χ0v) is 10.0. The summed E-state index contributed by atoms with van der Waals surface area (Å²) in [7, 11) is 0. The lowest BCUT2D eigenvalue weighted by molar-refractivity contribution is -0.137. The molecule has 1 atom stereocenters. The molecule has 94 valence electrons. The van der Waals surface area contributed by atoms with Crippen molar-refractivity contribution in [2.75, 3.05) is 11.4 Å². The second-order valence-corrected chi connectivity index (χ2v) is 4.35. The summed E-state index contributed by atoms with van der Waals surface area (Å²) in [6.07, 6.45) is 1.89. The van der Waals surface area contributed by atoms with Crippen molar-refractivity contribution in [2.45, 2.75) is 18.8 Å². The van der Waals surface area contributed by atoms with E-state index in [0.717, 1.165) is 11.3 Å².